The standard InChI is InChI=1S/C28H32N2O6/c1-3-5-22-35-27(31)18-20-29(21-19-28(32)36-26(9-4-2)30(33)34)25-16-14-24(15-17-25)13-12-23-10-7-6-8-11-23/h6-8,10-21,26H,3-5,9,22H2,1-2H3. The van der Waals surface area contributed by atoms with Gasteiger partial charge in [-0.15, -0.1) is 0 Å². The molecule has 0 aliphatic rings. The number of unbranched alkanes of at least 4 members (excludes halogenated alkanes) is 1. The molecular formula is C28H32N2O6. The van der Waals surface area contributed by atoms with Crippen molar-refractivity contribution in [3.05, 3.63) is 100 Å². The molecule has 190 valence electrons. The van der Waals surface area contributed by atoms with Gasteiger partial charge in [-0.1, -0.05) is 74.9 Å². The number of nitro groups is 1. The van der Waals surface area contributed by atoms with Crippen LogP contribution in [-0.4, -0.2) is 29.7 Å². The van der Waals surface area contributed by atoms with E-state index in [4.69, 9.17) is 9.47 Å². The summed E-state index contributed by atoms with van der Waals surface area (Å²) in [7, 11) is 0. The lowest BCUT2D eigenvalue weighted by Gasteiger charge is -2.16. The summed E-state index contributed by atoms with van der Waals surface area (Å²) in [6.45, 7) is 4.09. The Kier molecular flexibility index (Phi) is 12.2. The Balaban J connectivity index is 2.17. The van der Waals surface area contributed by atoms with E-state index in [0.717, 1.165) is 30.0 Å². The average Bonchev–Trinajstić information content (AvgIpc) is 2.88. The van der Waals surface area contributed by atoms with Crippen molar-refractivity contribution in [2.45, 2.75) is 45.8 Å². The van der Waals surface area contributed by atoms with E-state index in [9.17, 15) is 19.7 Å². The second kappa shape index (κ2) is 15.7. The van der Waals surface area contributed by atoms with Crippen LogP contribution in [0.1, 0.15) is 50.7 Å². The first-order valence-electron chi connectivity index (χ1n) is 11.9. The molecule has 0 aliphatic carbocycles. The molecule has 0 aromatic heterocycles. The van der Waals surface area contributed by atoms with Gasteiger partial charge in [-0.25, -0.2) is 9.59 Å². The first kappa shape index (κ1) is 28.0. The average molecular weight is 493 g/mol. The highest BCUT2D eigenvalue weighted by molar-refractivity contribution is 5.84. The maximum atomic E-state index is 12.2. The normalized spacial score (nSPS) is 12.2. The van der Waals surface area contributed by atoms with Gasteiger partial charge in [0.1, 0.15) is 0 Å². The quantitative estimate of drug-likeness (QED) is 0.0608. The van der Waals surface area contributed by atoms with Gasteiger partial charge in [-0.3, -0.25) is 10.1 Å². The number of esters is 2. The lowest BCUT2D eigenvalue weighted by atomic mass is 10.1. The zero-order valence-electron chi connectivity index (χ0n) is 20.6. The number of ether oxygens (including phenoxy) is 2. The van der Waals surface area contributed by atoms with E-state index in [1.54, 1.807) is 6.92 Å². The van der Waals surface area contributed by atoms with Crippen molar-refractivity contribution in [2.24, 2.45) is 0 Å². The molecular weight excluding hydrogens is 460 g/mol. The fourth-order valence-electron chi connectivity index (χ4n) is 3.01. The number of rotatable bonds is 14. The van der Waals surface area contributed by atoms with Crippen LogP contribution in [0.15, 0.2) is 79.1 Å². The maximum absolute atomic E-state index is 12.2. The Hall–Kier alpha value is -4.20. The minimum absolute atomic E-state index is 0.123. The Morgan fingerprint density at radius 2 is 1.53 bits per heavy atom. The summed E-state index contributed by atoms with van der Waals surface area (Å²) < 4.78 is 10.1. The monoisotopic (exact) mass is 492 g/mol. The van der Waals surface area contributed by atoms with Crippen molar-refractivity contribution in [2.75, 3.05) is 11.5 Å². The number of hydrogen-bond acceptors (Lipinski definition) is 7. The molecule has 2 aromatic carbocycles. The second-order valence-corrected chi connectivity index (χ2v) is 7.86. The van der Waals surface area contributed by atoms with Gasteiger partial charge in [-0.05, 0) is 36.1 Å². The van der Waals surface area contributed by atoms with Gasteiger partial charge in [-0.2, -0.15) is 0 Å². The number of nitrogens with zero attached hydrogens (tertiary/aromatic N) is 2. The predicted molar refractivity (Wildman–Crippen MR) is 140 cm³/mol. The first-order chi connectivity index (χ1) is 17.4. The third-order valence-electron chi connectivity index (χ3n) is 4.97. The SMILES string of the molecule is CCCCOC(=O)C=CN(C=CC(=O)OC(CCC)[N+](=O)[O-])c1ccc(C=Cc2ccccc2)cc1. The van der Waals surface area contributed by atoms with Gasteiger partial charge in [0.05, 0.1) is 18.0 Å². The molecule has 0 aliphatic heterocycles. The van der Waals surface area contributed by atoms with Crippen molar-refractivity contribution >= 4 is 29.8 Å². The highest BCUT2D eigenvalue weighted by Crippen LogP contribution is 2.18. The topological polar surface area (TPSA) is 99.0 Å². The Labute approximate surface area is 211 Å². The van der Waals surface area contributed by atoms with E-state index in [2.05, 4.69) is 0 Å². The molecule has 0 saturated carbocycles. The molecule has 2 aromatic rings. The summed E-state index contributed by atoms with van der Waals surface area (Å²) in [5.74, 6) is -1.36. The zero-order valence-corrected chi connectivity index (χ0v) is 20.6. The van der Waals surface area contributed by atoms with E-state index >= 15 is 0 Å². The zero-order chi connectivity index (χ0) is 26.2. The molecule has 36 heavy (non-hydrogen) atoms. The molecule has 0 spiro atoms. The van der Waals surface area contributed by atoms with Crippen LogP contribution in [0.25, 0.3) is 12.2 Å². The maximum Gasteiger partial charge on any atom is 0.356 e. The molecule has 0 N–H and O–H groups in total. The molecule has 0 bridgehead atoms. The Bertz CT molecular complexity index is 1060. The van der Waals surface area contributed by atoms with Gasteiger partial charge in [0.15, 0.2) is 0 Å². The van der Waals surface area contributed by atoms with Crippen LogP contribution in [0.2, 0.25) is 0 Å². The van der Waals surface area contributed by atoms with Crippen LogP contribution < -0.4 is 4.90 Å². The van der Waals surface area contributed by atoms with Crippen molar-refractivity contribution < 1.29 is 24.0 Å². The molecule has 2 rings (SSSR count). The summed E-state index contributed by atoms with van der Waals surface area (Å²) in [6.07, 6.45) is 10.1. The fourth-order valence-corrected chi connectivity index (χ4v) is 3.01. The number of hydrogen-bond donors (Lipinski definition) is 0. The largest absolute Gasteiger partial charge is 0.462 e. The predicted octanol–water partition coefficient (Wildman–Crippen LogP) is 5.98. The van der Waals surface area contributed by atoms with Crippen LogP contribution >= 0.6 is 0 Å². The molecule has 1 unspecified atom stereocenters. The van der Waals surface area contributed by atoms with Crippen molar-refractivity contribution in [3.63, 3.8) is 0 Å². The first-order valence-corrected chi connectivity index (χ1v) is 11.9. The highest BCUT2D eigenvalue weighted by Gasteiger charge is 2.22. The van der Waals surface area contributed by atoms with Crippen LogP contribution in [0.3, 0.4) is 0 Å². The number of benzene rings is 2. The fraction of sp³-hybridized carbons (Fsp3) is 0.286. The van der Waals surface area contributed by atoms with E-state index in [0.29, 0.717) is 18.7 Å². The molecule has 0 fully saturated rings. The summed E-state index contributed by atoms with van der Waals surface area (Å²) in [6, 6.07) is 17.3. The van der Waals surface area contributed by atoms with Crippen molar-refractivity contribution in [1.29, 1.82) is 0 Å². The van der Waals surface area contributed by atoms with E-state index < -0.39 is 23.1 Å². The van der Waals surface area contributed by atoms with E-state index in [1.807, 2.05) is 73.7 Å². The Morgan fingerprint density at radius 3 is 2.11 bits per heavy atom. The molecule has 8 heteroatoms. The molecule has 0 radical (unpaired) electrons. The summed E-state index contributed by atoms with van der Waals surface area (Å²) in [4.78, 5) is 36.2. The van der Waals surface area contributed by atoms with Gasteiger partial charge in [0.25, 0.3) is 0 Å². The number of carbonyl (C=O) groups excluding carboxylic acids is 2. The van der Waals surface area contributed by atoms with Gasteiger partial charge in [0.2, 0.25) is 0 Å². The van der Waals surface area contributed by atoms with Gasteiger partial charge < -0.3 is 14.4 Å². The van der Waals surface area contributed by atoms with E-state index in [-0.39, 0.29) is 6.42 Å². The summed E-state index contributed by atoms with van der Waals surface area (Å²) >= 11 is 0. The van der Waals surface area contributed by atoms with Crippen LogP contribution in [0.5, 0.6) is 0 Å². The molecule has 0 saturated heterocycles. The number of anilines is 1. The molecule has 8 nitrogen and oxygen atoms in total. The third-order valence-corrected chi connectivity index (χ3v) is 4.97. The van der Waals surface area contributed by atoms with Crippen LogP contribution in [-0.2, 0) is 19.1 Å². The van der Waals surface area contributed by atoms with Crippen LogP contribution in [0.4, 0.5) is 5.69 Å². The third kappa shape index (κ3) is 10.4. The Morgan fingerprint density at radius 1 is 0.917 bits per heavy atom. The smallest absolute Gasteiger partial charge is 0.356 e. The summed E-state index contributed by atoms with van der Waals surface area (Å²) in [5, 5.41) is 11.1. The second-order valence-electron chi connectivity index (χ2n) is 7.86. The minimum Gasteiger partial charge on any atom is -0.462 e. The summed E-state index contributed by atoms with van der Waals surface area (Å²) in [5.41, 5.74) is 2.69. The highest BCUT2D eigenvalue weighted by atomic mass is 16.7. The van der Waals surface area contributed by atoms with Crippen LogP contribution in [0, 0.1) is 10.1 Å². The van der Waals surface area contributed by atoms with Crippen molar-refractivity contribution in [1.82, 2.24) is 0 Å². The van der Waals surface area contributed by atoms with Gasteiger partial charge in [0, 0.05) is 30.2 Å². The van der Waals surface area contributed by atoms with E-state index in [1.165, 1.54) is 23.4 Å². The molecule has 1 atom stereocenters. The molecule has 0 heterocycles. The van der Waals surface area contributed by atoms with Crippen molar-refractivity contribution in [3.8, 4) is 0 Å². The minimum atomic E-state index is -1.40. The number of carbonyl (C=O) groups is 2. The lowest BCUT2D eigenvalue weighted by Crippen LogP contribution is -2.25. The van der Waals surface area contributed by atoms with Gasteiger partial charge >= 0.3 is 18.2 Å². The lowest BCUT2D eigenvalue weighted by molar-refractivity contribution is -0.568. The molecule has 0 amide bonds.